The van der Waals surface area contributed by atoms with E-state index in [9.17, 15) is 14.4 Å². The molecule has 0 spiro atoms. The molecule has 0 aromatic rings. The number of carbonyl (C=O) groups is 3. The lowest BCUT2D eigenvalue weighted by Crippen LogP contribution is -2.58. The van der Waals surface area contributed by atoms with Gasteiger partial charge in [-0.1, -0.05) is 13.8 Å². The summed E-state index contributed by atoms with van der Waals surface area (Å²) in [5.41, 5.74) is 5.63. The molecule has 1 unspecified atom stereocenters. The van der Waals surface area contributed by atoms with Crippen molar-refractivity contribution in [3.63, 3.8) is 0 Å². The number of ketones is 2. The standard InChI is InChI=1S/C20H29NO3/c1-19-7-5-11(22)9-16(19)13(18(21)24)10-12-14-3-4-17(23)20(14,2)8-6-15(12)19/h12-16H,3-10H2,1-2H3,(H2,21,24)/t12-,13-,14-,15-,16?,19+,20-/m0/s1. The molecule has 0 heterocycles. The quantitative estimate of drug-likeness (QED) is 0.802. The summed E-state index contributed by atoms with van der Waals surface area (Å²) in [6.07, 6.45) is 6.56. The van der Waals surface area contributed by atoms with Crippen LogP contribution in [0.5, 0.6) is 0 Å². The first kappa shape index (κ1) is 16.3. The SMILES string of the molecule is C[C@]12CCC(=O)CC1[C@@H](C(N)=O)C[C@@H]1[C@@H]2CC[C@]2(C)C(=O)CC[C@@H]12. The van der Waals surface area contributed by atoms with Gasteiger partial charge in [0.05, 0.1) is 0 Å². The van der Waals surface area contributed by atoms with E-state index >= 15 is 0 Å². The third-order valence-corrected chi connectivity index (χ3v) is 8.61. The highest BCUT2D eigenvalue weighted by atomic mass is 16.1. The second-order valence-electron chi connectivity index (χ2n) is 9.39. The zero-order valence-corrected chi connectivity index (χ0v) is 14.8. The maximum absolute atomic E-state index is 12.5. The van der Waals surface area contributed by atoms with Gasteiger partial charge in [0, 0.05) is 30.6 Å². The van der Waals surface area contributed by atoms with Gasteiger partial charge in [0.25, 0.3) is 0 Å². The van der Waals surface area contributed by atoms with Gasteiger partial charge in [-0.05, 0) is 61.2 Å². The molecule has 0 radical (unpaired) electrons. The first-order valence-corrected chi connectivity index (χ1v) is 9.61. The molecule has 0 saturated heterocycles. The van der Waals surface area contributed by atoms with Crippen LogP contribution in [0.3, 0.4) is 0 Å². The lowest BCUT2D eigenvalue weighted by atomic mass is 9.43. The summed E-state index contributed by atoms with van der Waals surface area (Å²) in [4.78, 5) is 36.8. The molecule has 4 aliphatic carbocycles. The molecule has 1 amide bonds. The van der Waals surface area contributed by atoms with Crippen molar-refractivity contribution in [2.75, 3.05) is 0 Å². The first-order chi connectivity index (χ1) is 11.3. The summed E-state index contributed by atoms with van der Waals surface area (Å²) in [5, 5.41) is 0. The molecule has 0 aromatic heterocycles. The predicted molar refractivity (Wildman–Crippen MR) is 89.8 cm³/mol. The van der Waals surface area contributed by atoms with E-state index in [0.29, 0.717) is 48.6 Å². The number of primary amides is 1. The van der Waals surface area contributed by atoms with Gasteiger partial charge in [0.1, 0.15) is 11.6 Å². The van der Waals surface area contributed by atoms with Crippen LogP contribution in [0.4, 0.5) is 0 Å². The molecule has 2 N–H and O–H groups in total. The molecule has 132 valence electrons. The Morgan fingerprint density at radius 1 is 1.04 bits per heavy atom. The smallest absolute Gasteiger partial charge is 0.220 e. The fraction of sp³-hybridized carbons (Fsp3) is 0.850. The van der Waals surface area contributed by atoms with Crippen LogP contribution in [0.15, 0.2) is 0 Å². The Kier molecular flexibility index (Phi) is 3.50. The van der Waals surface area contributed by atoms with Gasteiger partial charge in [-0.15, -0.1) is 0 Å². The van der Waals surface area contributed by atoms with Gasteiger partial charge in [0.2, 0.25) is 5.91 Å². The minimum Gasteiger partial charge on any atom is -0.369 e. The molecule has 4 nitrogen and oxygen atoms in total. The Morgan fingerprint density at radius 2 is 1.79 bits per heavy atom. The van der Waals surface area contributed by atoms with E-state index in [-0.39, 0.29) is 28.6 Å². The number of hydrogen-bond acceptors (Lipinski definition) is 3. The normalized spacial score (nSPS) is 50.8. The third kappa shape index (κ3) is 2.01. The van der Waals surface area contributed by atoms with Crippen LogP contribution in [0.2, 0.25) is 0 Å². The molecule has 0 aliphatic heterocycles. The zero-order chi connectivity index (χ0) is 17.3. The summed E-state index contributed by atoms with van der Waals surface area (Å²) in [6, 6.07) is 0. The summed E-state index contributed by atoms with van der Waals surface area (Å²) in [7, 11) is 0. The number of Topliss-reactive ketones (excluding diaryl/α,β-unsaturated/α-hetero) is 2. The highest BCUT2D eigenvalue weighted by Crippen LogP contribution is 2.66. The van der Waals surface area contributed by atoms with E-state index in [1.165, 1.54) is 0 Å². The Bertz CT molecular complexity index is 614. The van der Waals surface area contributed by atoms with E-state index in [2.05, 4.69) is 13.8 Å². The average molecular weight is 331 g/mol. The molecule has 7 atom stereocenters. The molecule has 4 heteroatoms. The maximum Gasteiger partial charge on any atom is 0.220 e. The molecule has 24 heavy (non-hydrogen) atoms. The molecular weight excluding hydrogens is 302 g/mol. The number of amides is 1. The third-order valence-electron chi connectivity index (χ3n) is 8.61. The van der Waals surface area contributed by atoms with Gasteiger partial charge in [-0.2, -0.15) is 0 Å². The molecular formula is C20H29NO3. The molecule has 4 saturated carbocycles. The van der Waals surface area contributed by atoms with Gasteiger partial charge < -0.3 is 5.73 Å². The zero-order valence-electron chi connectivity index (χ0n) is 14.8. The van der Waals surface area contributed by atoms with Crippen molar-refractivity contribution in [2.45, 2.75) is 65.2 Å². The Balaban J connectivity index is 1.74. The van der Waals surface area contributed by atoms with Crippen molar-refractivity contribution in [2.24, 2.45) is 46.2 Å². The minimum atomic E-state index is -0.240. The van der Waals surface area contributed by atoms with Crippen molar-refractivity contribution in [3.05, 3.63) is 0 Å². The maximum atomic E-state index is 12.5. The van der Waals surface area contributed by atoms with Crippen molar-refractivity contribution < 1.29 is 14.4 Å². The highest BCUT2D eigenvalue weighted by Gasteiger charge is 2.62. The van der Waals surface area contributed by atoms with Crippen LogP contribution in [-0.2, 0) is 14.4 Å². The molecule has 0 bridgehead atoms. The Labute approximate surface area is 143 Å². The summed E-state index contributed by atoms with van der Waals surface area (Å²) >= 11 is 0. The van der Waals surface area contributed by atoms with E-state index in [0.717, 1.165) is 32.1 Å². The minimum absolute atomic E-state index is 0.0312. The number of nitrogens with two attached hydrogens (primary N) is 1. The van der Waals surface area contributed by atoms with Gasteiger partial charge in [-0.3, -0.25) is 14.4 Å². The van der Waals surface area contributed by atoms with Crippen molar-refractivity contribution >= 4 is 17.5 Å². The van der Waals surface area contributed by atoms with Crippen LogP contribution in [0.25, 0.3) is 0 Å². The number of rotatable bonds is 1. The van der Waals surface area contributed by atoms with Gasteiger partial charge in [0.15, 0.2) is 0 Å². The van der Waals surface area contributed by atoms with Crippen molar-refractivity contribution in [3.8, 4) is 0 Å². The summed E-state index contributed by atoms with van der Waals surface area (Å²) < 4.78 is 0. The predicted octanol–water partition coefficient (Wildman–Crippen LogP) is 2.88. The fourth-order valence-corrected chi connectivity index (χ4v) is 7.21. The largest absolute Gasteiger partial charge is 0.369 e. The lowest BCUT2D eigenvalue weighted by Gasteiger charge is -2.61. The van der Waals surface area contributed by atoms with Crippen molar-refractivity contribution in [1.82, 2.24) is 0 Å². The van der Waals surface area contributed by atoms with E-state index in [1.54, 1.807) is 0 Å². The Hall–Kier alpha value is -1.19. The summed E-state index contributed by atoms with van der Waals surface area (Å²) in [6.45, 7) is 4.46. The molecule has 4 rings (SSSR count). The second kappa shape index (κ2) is 5.15. The van der Waals surface area contributed by atoms with Crippen LogP contribution in [0, 0.1) is 40.4 Å². The highest BCUT2D eigenvalue weighted by molar-refractivity contribution is 5.87. The molecule has 4 fully saturated rings. The molecule has 4 aliphatic rings. The number of carbonyl (C=O) groups excluding carboxylic acids is 3. The Morgan fingerprint density at radius 3 is 2.50 bits per heavy atom. The number of fused-ring (bicyclic) bond motifs is 5. The topological polar surface area (TPSA) is 77.2 Å². The first-order valence-electron chi connectivity index (χ1n) is 9.61. The van der Waals surface area contributed by atoms with E-state index in [1.807, 2.05) is 0 Å². The van der Waals surface area contributed by atoms with Crippen LogP contribution in [0.1, 0.15) is 65.2 Å². The number of hydrogen-bond donors (Lipinski definition) is 1. The van der Waals surface area contributed by atoms with Gasteiger partial charge in [-0.25, -0.2) is 0 Å². The van der Waals surface area contributed by atoms with E-state index in [4.69, 9.17) is 5.73 Å². The van der Waals surface area contributed by atoms with Crippen LogP contribution >= 0.6 is 0 Å². The van der Waals surface area contributed by atoms with Gasteiger partial charge >= 0.3 is 0 Å². The van der Waals surface area contributed by atoms with Crippen LogP contribution in [-0.4, -0.2) is 17.5 Å². The molecule has 0 aromatic carbocycles. The average Bonchev–Trinajstić information content (AvgIpc) is 2.83. The van der Waals surface area contributed by atoms with E-state index < -0.39 is 0 Å². The van der Waals surface area contributed by atoms with Crippen molar-refractivity contribution in [1.29, 1.82) is 0 Å². The summed E-state index contributed by atoms with van der Waals surface area (Å²) in [5.74, 6) is 1.75. The lowest BCUT2D eigenvalue weighted by molar-refractivity contribution is -0.159. The monoisotopic (exact) mass is 331 g/mol. The fourth-order valence-electron chi connectivity index (χ4n) is 7.21. The van der Waals surface area contributed by atoms with Crippen LogP contribution < -0.4 is 5.73 Å². The second-order valence-corrected chi connectivity index (χ2v) is 9.39.